The van der Waals surface area contributed by atoms with Gasteiger partial charge in [0.15, 0.2) is 0 Å². The molecule has 1 aromatic carbocycles. The van der Waals surface area contributed by atoms with Crippen molar-refractivity contribution in [2.75, 3.05) is 31.5 Å². The standard InChI is InChI=1S/C22H32N4O2/c27-21(23-11-14-26-12-3-4-13-26)16-7-9-18(10-8-16)24-22(28)20-15-17-5-1-2-6-19(17)25-20/h7-10,17,19-20,25H,1-6,11-15H2,(H,23,27)(H,24,28). The number of fused-ring (bicyclic) bond motifs is 1. The average Bonchev–Trinajstić information content (AvgIpc) is 3.38. The number of amides is 2. The van der Waals surface area contributed by atoms with Gasteiger partial charge in [0, 0.05) is 30.4 Å². The number of likely N-dealkylation sites (tertiary alicyclic amines) is 1. The smallest absolute Gasteiger partial charge is 0.251 e. The van der Waals surface area contributed by atoms with Gasteiger partial charge in [0.1, 0.15) is 0 Å². The molecule has 3 N–H and O–H groups in total. The summed E-state index contributed by atoms with van der Waals surface area (Å²) < 4.78 is 0. The van der Waals surface area contributed by atoms with E-state index >= 15 is 0 Å². The molecule has 6 nitrogen and oxygen atoms in total. The molecule has 28 heavy (non-hydrogen) atoms. The number of hydrogen-bond acceptors (Lipinski definition) is 4. The van der Waals surface area contributed by atoms with Gasteiger partial charge in [0.05, 0.1) is 6.04 Å². The SMILES string of the molecule is O=C(NCCN1CCCC1)c1ccc(NC(=O)C2CC3CCCCC3N2)cc1. The Balaban J connectivity index is 1.23. The molecule has 1 aromatic rings. The molecule has 3 atom stereocenters. The Kier molecular flexibility index (Phi) is 6.27. The quantitative estimate of drug-likeness (QED) is 0.704. The molecule has 2 heterocycles. The van der Waals surface area contributed by atoms with E-state index in [9.17, 15) is 9.59 Å². The topological polar surface area (TPSA) is 73.5 Å². The Hall–Kier alpha value is -1.92. The van der Waals surface area contributed by atoms with Crippen LogP contribution in [0.4, 0.5) is 5.69 Å². The molecule has 2 aliphatic heterocycles. The van der Waals surface area contributed by atoms with Crippen molar-refractivity contribution in [2.24, 2.45) is 5.92 Å². The molecule has 4 rings (SSSR count). The Morgan fingerprint density at radius 2 is 1.79 bits per heavy atom. The third-order valence-corrected chi connectivity index (χ3v) is 6.51. The average molecular weight is 385 g/mol. The first kappa shape index (κ1) is 19.4. The summed E-state index contributed by atoms with van der Waals surface area (Å²) in [6.45, 7) is 3.87. The Labute approximate surface area is 167 Å². The molecular weight excluding hydrogens is 352 g/mol. The summed E-state index contributed by atoms with van der Waals surface area (Å²) in [6, 6.07) is 7.60. The van der Waals surface area contributed by atoms with Crippen molar-refractivity contribution >= 4 is 17.5 Å². The Morgan fingerprint density at radius 1 is 1.04 bits per heavy atom. The highest BCUT2D eigenvalue weighted by Crippen LogP contribution is 2.33. The molecule has 1 saturated carbocycles. The lowest BCUT2D eigenvalue weighted by molar-refractivity contribution is -0.117. The number of anilines is 1. The van der Waals surface area contributed by atoms with Crippen LogP contribution in [0.25, 0.3) is 0 Å². The van der Waals surface area contributed by atoms with Gasteiger partial charge in [-0.2, -0.15) is 0 Å². The molecule has 0 aromatic heterocycles. The highest BCUT2D eigenvalue weighted by Gasteiger charge is 2.38. The molecule has 3 fully saturated rings. The molecule has 6 heteroatoms. The van der Waals surface area contributed by atoms with Crippen molar-refractivity contribution in [3.8, 4) is 0 Å². The third kappa shape index (κ3) is 4.73. The van der Waals surface area contributed by atoms with Gasteiger partial charge in [-0.15, -0.1) is 0 Å². The van der Waals surface area contributed by atoms with E-state index in [1.165, 1.54) is 38.5 Å². The molecule has 3 aliphatic rings. The van der Waals surface area contributed by atoms with E-state index in [0.717, 1.165) is 31.7 Å². The molecule has 0 spiro atoms. The van der Waals surface area contributed by atoms with Gasteiger partial charge in [-0.3, -0.25) is 9.59 Å². The second kappa shape index (κ2) is 9.05. The van der Waals surface area contributed by atoms with Crippen molar-refractivity contribution in [2.45, 2.75) is 57.0 Å². The second-order valence-corrected chi connectivity index (χ2v) is 8.48. The molecule has 0 radical (unpaired) electrons. The summed E-state index contributed by atoms with van der Waals surface area (Å²) in [5, 5.41) is 9.49. The van der Waals surface area contributed by atoms with Crippen LogP contribution in [-0.2, 0) is 4.79 Å². The van der Waals surface area contributed by atoms with Gasteiger partial charge in [-0.05, 0) is 75.4 Å². The van der Waals surface area contributed by atoms with Crippen LogP contribution in [0.15, 0.2) is 24.3 Å². The highest BCUT2D eigenvalue weighted by atomic mass is 16.2. The van der Waals surface area contributed by atoms with E-state index in [0.29, 0.717) is 24.1 Å². The van der Waals surface area contributed by atoms with Crippen molar-refractivity contribution in [3.63, 3.8) is 0 Å². The predicted octanol–water partition coefficient (Wildman–Crippen LogP) is 2.37. The van der Waals surface area contributed by atoms with Gasteiger partial charge in [-0.1, -0.05) is 12.8 Å². The third-order valence-electron chi connectivity index (χ3n) is 6.51. The lowest BCUT2D eigenvalue weighted by atomic mass is 9.85. The number of nitrogens with zero attached hydrogens (tertiary/aromatic N) is 1. The molecule has 2 saturated heterocycles. The van der Waals surface area contributed by atoms with Gasteiger partial charge >= 0.3 is 0 Å². The fourth-order valence-corrected chi connectivity index (χ4v) is 4.89. The van der Waals surface area contributed by atoms with E-state index in [4.69, 9.17) is 0 Å². The lowest BCUT2D eigenvalue weighted by Gasteiger charge is -2.24. The number of benzene rings is 1. The fraction of sp³-hybridized carbons (Fsp3) is 0.636. The van der Waals surface area contributed by atoms with Crippen LogP contribution in [0.5, 0.6) is 0 Å². The predicted molar refractivity (Wildman–Crippen MR) is 110 cm³/mol. The molecule has 1 aliphatic carbocycles. The van der Waals surface area contributed by atoms with Gasteiger partial charge in [-0.25, -0.2) is 0 Å². The molecule has 152 valence electrons. The maximum absolute atomic E-state index is 12.6. The molecule has 2 amide bonds. The van der Waals surface area contributed by atoms with Crippen LogP contribution in [0.2, 0.25) is 0 Å². The van der Waals surface area contributed by atoms with Crippen molar-refractivity contribution in [1.29, 1.82) is 0 Å². The zero-order valence-corrected chi connectivity index (χ0v) is 16.6. The Bertz CT molecular complexity index is 670. The number of rotatable bonds is 6. The zero-order valence-electron chi connectivity index (χ0n) is 16.6. The number of nitrogens with one attached hydrogen (secondary N) is 3. The van der Waals surface area contributed by atoms with Crippen LogP contribution >= 0.6 is 0 Å². The van der Waals surface area contributed by atoms with Crippen LogP contribution in [0.3, 0.4) is 0 Å². The van der Waals surface area contributed by atoms with Crippen LogP contribution in [0, 0.1) is 5.92 Å². The minimum atomic E-state index is -0.0957. The second-order valence-electron chi connectivity index (χ2n) is 8.48. The minimum Gasteiger partial charge on any atom is -0.351 e. The van der Waals surface area contributed by atoms with E-state index < -0.39 is 0 Å². The monoisotopic (exact) mass is 384 g/mol. The van der Waals surface area contributed by atoms with Crippen LogP contribution in [-0.4, -0.2) is 55.0 Å². The van der Waals surface area contributed by atoms with Gasteiger partial charge in [0.25, 0.3) is 5.91 Å². The van der Waals surface area contributed by atoms with Gasteiger partial charge < -0.3 is 20.9 Å². The number of carbonyl (C=O) groups is 2. The van der Waals surface area contributed by atoms with E-state index in [1.54, 1.807) is 12.1 Å². The first-order valence-electron chi connectivity index (χ1n) is 10.9. The van der Waals surface area contributed by atoms with Crippen LogP contribution < -0.4 is 16.0 Å². The largest absolute Gasteiger partial charge is 0.351 e. The van der Waals surface area contributed by atoms with Crippen molar-refractivity contribution in [3.05, 3.63) is 29.8 Å². The first-order valence-corrected chi connectivity index (χ1v) is 10.9. The summed E-state index contributed by atoms with van der Waals surface area (Å²) >= 11 is 0. The molecular formula is C22H32N4O2. The minimum absolute atomic E-state index is 0.0391. The fourth-order valence-electron chi connectivity index (χ4n) is 4.89. The Morgan fingerprint density at radius 3 is 2.54 bits per heavy atom. The van der Waals surface area contributed by atoms with Crippen LogP contribution in [0.1, 0.15) is 55.3 Å². The summed E-state index contributed by atoms with van der Waals surface area (Å²) in [7, 11) is 0. The van der Waals surface area contributed by atoms with E-state index in [1.807, 2.05) is 12.1 Å². The van der Waals surface area contributed by atoms with E-state index in [2.05, 4.69) is 20.9 Å². The number of hydrogen-bond donors (Lipinski definition) is 3. The number of carbonyl (C=O) groups excluding carboxylic acids is 2. The highest BCUT2D eigenvalue weighted by molar-refractivity contribution is 5.97. The maximum atomic E-state index is 12.6. The lowest BCUT2D eigenvalue weighted by Crippen LogP contribution is -2.39. The molecule has 3 unspecified atom stereocenters. The van der Waals surface area contributed by atoms with E-state index in [-0.39, 0.29) is 17.9 Å². The zero-order chi connectivity index (χ0) is 19.3. The summed E-state index contributed by atoms with van der Waals surface area (Å²) in [6.07, 6.45) is 8.45. The van der Waals surface area contributed by atoms with Gasteiger partial charge in [0.2, 0.25) is 5.91 Å². The summed E-state index contributed by atoms with van der Waals surface area (Å²) in [5.41, 5.74) is 1.37. The normalized spacial score (nSPS) is 27.4. The van der Waals surface area contributed by atoms with Crippen molar-refractivity contribution < 1.29 is 9.59 Å². The summed E-state index contributed by atoms with van der Waals surface area (Å²) in [5.74, 6) is 0.631. The summed E-state index contributed by atoms with van der Waals surface area (Å²) in [4.78, 5) is 27.2. The molecule has 0 bridgehead atoms. The first-order chi connectivity index (χ1) is 13.7. The van der Waals surface area contributed by atoms with Crippen molar-refractivity contribution in [1.82, 2.24) is 15.5 Å². The maximum Gasteiger partial charge on any atom is 0.251 e.